The second-order valence-corrected chi connectivity index (χ2v) is 3.35. The summed E-state index contributed by atoms with van der Waals surface area (Å²) < 4.78 is 1.27. The number of allylic oxidation sites excluding steroid dienone is 4. The summed E-state index contributed by atoms with van der Waals surface area (Å²) in [7, 11) is 0. The van der Waals surface area contributed by atoms with E-state index in [1.165, 1.54) is 29.3 Å². The molecule has 0 aromatic rings. The van der Waals surface area contributed by atoms with Crippen LogP contribution < -0.4 is 0 Å². The van der Waals surface area contributed by atoms with Gasteiger partial charge in [-0.15, -0.1) is 0 Å². The van der Waals surface area contributed by atoms with Crippen LogP contribution in [-0.2, 0) is 19.4 Å². The van der Waals surface area contributed by atoms with Crippen molar-refractivity contribution in [3.8, 4) is 0 Å². The molecule has 0 aromatic carbocycles. The van der Waals surface area contributed by atoms with Gasteiger partial charge in [0.05, 0.1) is 0 Å². The first-order valence-electron chi connectivity index (χ1n) is 2.84. The zero-order chi connectivity index (χ0) is 7.40. The van der Waals surface area contributed by atoms with E-state index < -0.39 is 0 Å². The Hall–Kier alpha value is -0.552. The van der Waals surface area contributed by atoms with Crippen molar-refractivity contribution in [3.63, 3.8) is 0 Å². The van der Waals surface area contributed by atoms with Crippen molar-refractivity contribution in [2.24, 2.45) is 4.99 Å². The first-order valence-corrected chi connectivity index (χ1v) is 4.30. The van der Waals surface area contributed by atoms with Crippen LogP contribution in [0.3, 0.4) is 0 Å². The van der Waals surface area contributed by atoms with Gasteiger partial charge in [0.2, 0.25) is 0 Å². The molecule has 0 bridgehead atoms. The maximum atomic E-state index is 5.23. The number of nitrogens with zero attached hydrogens (tertiary/aromatic N) is 1. The molecular weight excluding hydrogens is 294 g/mol. The van der Waals surface area contributed by atoms with Crippen LogP contribution in [-0.4, -0.2) is 10.1 Å². The molecule has 0 amide bonds. The van der Waals surface area contributed by atoms with Gasteiger partial charge < -0.3 is 0 Å². The Labute approximate surface area is 71.3 Å². The van der Waals surface area contributed by atoms with Crippen LogP contribution in [0.1, 0.15) is 0 Å². The Balaban J connectivity index is 2.90. The van der Waals surface area contributed by atoms with E-state index in [0.29, 0.717) is 0 Å². The van der Waals surface area contributed by atoms with Crippen molar-refractivity contribution in [1.29, 1.82) is 0 Å². The normalized spacial score (nSPS) is 20.0. The molecule has 0 aromatic heterocycles. The van der Waals surface area contributed by atoms with Crippen LogP contribution >= 0.6 is 0 Å². The van der Waals surface area contributed by atoms with Crippen LogP contribution in [0.25, 0.3) is 0 Å². The van der Waals surface area contributed by atoms with Gasteiger partial charge in [0.25, 0.3) is 0 Å². The van der Waals surface area contributed by atoms with Crippen LogP contribution in [0.4, 0.5) is 0 Å². The molecule has 1 rings (SSSR count). The number of hydrogen-bond acceptors (Lipinski definition) is 1. The summed E-state index contributed by atoms with van der Waals surface area (Å²) in [6.07, 6.45) is 8.98. The summed E-state index contributed by atoms with van der Waals surface area (Å²) in [5.41, 5.74) is 1.11. The molecule has 0 fully saturated rings. The summed E-state index contributed by atoms with van der Waals surface area (Å²) in [5, 5.41) is 0. The van der Waals surface area contributed by atoms with E-state index in [4.69, 9.17) is 6.58 Å². The zero-order valence-electron chi connectivity index (χ0n) is 5.32. The van der Waals surface area contributed by atoms with E-state index in [0.717, 1.165) is 5.57 Å². The number of hydrogen-bond donors (Lipinski definition) is 0. The summed E-state index contributed by atoms with van der Waals surface area (Å²) in [5.74, 6) is 0. The standard InChI is InChI=1S/C8H6N.W/c1-2-4-8-5-3-6-9-7-8;/h1-4,6-7H;/q-1;/b8-4+;. The fourth-order valence-electron chi connectivity index (χ4n) is 0.623. The van der Waals surface area contributed by atoms with E-state index in [-0.39, 0.29) is 0 Å². The van der Waals surface area contributed by atoms with Gasteiger partial charge in [-0.2, -0.15) is 0 Å². The predicted octanol–water partition coefficient (Wildman–Crippen LogP) is 1.22. The van der Waals surface area contributed by atoms with Gasteiger partial charge in [0.15, 0.2) is 0 Å². The third kappa shape index (κ3) is 1.71. The predicted molar refractivity (Wildman–Crippen MR) is 39.6 cm³/mol. The van der Waals surface area contributed by atoms with Crippen LogP contribution in [0.2, 0.25) is 0 Å². The Morgan fingerprint density at radius 1 is 1.60 bits per heavy atom. The minimum absolute atomic E-state index is 1.11. The molecule has 0 atom stereocenters. The summed E-state index contributed by atoms with van der Waals surface area (Å²) in [6, 6.07) is 0. The summed E-state index contributed by atoms with van der Waals surface area (Å²) in [4.78, 5) is 3.97. The van der Waals surface area contributed by atoms with Gasteiger partial charge in [0.1, 0.15) is 0 Å². The van der Waals surface area contributed by atoms with Gasteiger partial charge in [-0.25, -0.2) is 0 Å². The molecule has 0 spiro atoms. The molecule has 10 heavy (non-hydrogen) atoms. The topological polar surface area (TPSA) is 12.4 Å². The van der Waals surface area contributed by atoms with E-state index in [9.17, 15) is 0 Å². The van der Waals surface area contributed by atoms with Gasteiger partial charge in [0, 0.05) is 0 Å². The van der Waals surface area contributed by atoms with Gasteiger partial charge in [-0.3, -0.25) is 0 Å². The Morgan fingerprint density at radius 2 is 2.40 bits per heavy atom. The first kappa shape index (κ1) is 7.55. The fraction of sp³-hybridized carbons (Fsp3) is 0. The summed E-state index contributed by atoms with van der Waals surface area (Å²) in [6.45, 7) is 5.23. The Morgan fingerprint density at radius 3 is 3.00 bits per heavy atom. The SMILES string of the molecule is [CH-]=C/C=C1/C=NC=C[C]1=[W]. The van der Waals surface area contributed by atoms with Crippen molar-refractivity contribution in [2.45, 2.75) is 0 Å². The average Bonchev–Trinajstić information content (AvgIpc) is 1.94. The number of rotatable bonds is 1. The monoisotopic (exact) mass is 300 g/mol. The van der Waals surface area contributed by atoms with Crippen LogP contribution in [0.15, 0.2) is 35.0 Å². The molecule has 1 heterocycles. The molecule has 2 heteroatoms. The van der Waals surface area contributed by atoms with E-state index >= 15 is 0 Å². The maximum absolute atomic E-state index is 5.23. The van der Waals surface area contributed by atoms with Gasteiger partial charge in [-0.05, 0) is 0 Å². The van der Waals surface area contributed by atoms with Crippen LogP contribution in [0, 0.1) is 6.58 Å². The van der Waals surface area contributed by atoms with Crippen molar-refractivity contribution in [3.05, 3.63) is 36.6 Å². The molecule has 0 unspecified atom stereocenters. The Bertz CT molecular complexity index is 246. The number of aliphatic imine (C=N–C) groups is 1. The first-order chi connectivity index (χ1) is 4.84. The zero-order valence-corrected chi connectivity index (χ0v) is 8.25. The molecule has 50 valence electrons. The molecule has 0 N–H and O–H groups in total. The molecule has 0 radical (unpaired) electrons. The van der Waals surface area contributed by atoms with Crippen LogP contribution in [0.5, 0.6) is 0 Å². The second kappa shape index (κ2) is 3.58. The molecule has 0 saturated heterocycles. The molecular formula is C8H6NW-. The molecule has 1 nitrogen and oxygen atoms in total. The average molecular weight is 300 g/mol. The third-order valence-electron chi connectivity index (χ3n) is 1.09. The van der Waals surface area contributed by atoms with E-state index in [1.54, 1.807) is 6.20 Å². The summed E-state index contributed by atoms with van der Waals surface area (Å²) >= 11 is 1.44. The quantitative estimate of drug-likeness (QED) is 0.646. The fourth-order valence-corrected chi connectivity index (χ4v) is 1.28. The van der Waals surface area contributed by atoms with Crippen molar-refractivity contribution in [2.75, 3.05) is 0 Å². The van der Waals surface area contributed by atoms with Crippen molar-refractivity contribution in [1.82, 2.24) is 0 Å². The molecule has 0 aliphatic carbocycles. The van der Waals surface area contributed by atoms with E-state index in [2.05, 4.69) is 4.99 Å². The third-order valence-corrected chi connectivity index (χ3v) is 2.42. The van der Waals surface area contributed by atoms with E-state index in [1.807, 2.05) is 18.4 Å². The van der Waals surface area contributed by atoms with Crippen molar-refractivity contribution >= 4 is 10.1 Å². The van der Waals surface area contributed by atoms with Crippen molar-refractivity contribution < 1.29 is 19.4 Å². The molecule has 0 saturated carbocycles. The molecule has 1 aliphatic rings. The van der Waals surface area contributed by atoms with Gasteiger partial charge >= 0.3 is 71.0 Å². The second-order valence-electron chi connectivity index (χ2n) is 1.77. The Kier molecular flexibility index (Phi) is 2.70. The molecule has 1 aliphatic heterocycles. The minimum atomic E-state index is 1.11. The van der Waals surface area contributed by atoms with Gasteiger partial charge in [-0.1, -0.05) is 0 Å².